The maximum atomic E-state index is 11.6. The molecule has 1 unspecified atom stereocenters. The van der Waals surface area contributed by atoms with Gasteiger partial charge in [0.25, 0.3) is 0 Å². The molecule has 2 rings (SSSR count). The molecule has 1 aromatic rings. The highest BCUT2D eigenvalue weighted by atomic mass is 32.2. The van der Waals surface area contributed by atoms with Gasteiger partial charge in [0, 0.05) is 13.1 Å². The average molecular weight is 310 g/mol. The van der Waals surface area contributed by atoms with E-state index in [0.717, 1.165) is 24.8 Å². The first-order chi connectivity index (χ1) is 10.1. The van der Waals surface area contributed by atoms with Crippen LogP contribution in [0.1, 0.15) is 24.8 Å². The first-order valence-electron chi connectivity index (χ1n) is 7.31. The Labute approximate surface area is 126 Å². The number of carbonyl (C=O) groups excluding carboxylic acids is 1. The van der Waals surface area contributed by atoms with Crippen molar-refractivity contribution in [3.8, 4) is 0 Å². The first kappa shape index (κ1) is 15.8. The predicted octanol–water partition coefficient (Wildman–Crippen LogP) is 1.70. The van der Waals surface area contributed by atoms with Gasteiger partial charge in [-0.2, -0.15) is 0 Å². The summed E-state index contributed by atoms with van der Waals surface area (Å²) in [6, 6.07) is 9.54. The van der Waals surface area contributed by atoms with Gasteiger partial charge in [-0.3, -0.25) is 0 Å². The van der Waals surface area contributed by atoms with Crippen molar-refractivity contribution in [1.82, 2.24) is 10.6 Å². The monoisotopic (exact) mass is 310 g/mol. The number of rotatable bonds is 6. The van der Waals surface area contributed by atoms with Gasteiger partial charge in [-0.15, -0.1) is 0 Å². The van der Waals surface area contributed by atoms with E-state index in [1.54, 1.807) is 0 Å². The van der Waals surface area contributed by atoms with Crippen LogP contribution in [0.5, 0.6) is 0 Å². The minimum atomic E-state index is -2.79. The molecule has 1 saturated heterocycles. The normalized spacial score (nSPS) is 20.1. The van der Waals surface area contributed by atoms with Gasteiger partial charge in [0.05, 0.1) is 11.5 Å². The van der Waals surface area contributed by atoms with Crippen molar-refractivity contribution >= 4 is 15.9 Å². The fraction of sp³-hybridized carbons (Fsp3) is 0.533. The van der Waals surface area contributed by atoms with Gasteiger partial charge in [0.1, 0.15) is 0 Å². The molecule has 0 radical (unpaired) electrons. The lowest BCUT2D eigenvalue weighted by Crippen LogP contribution is -2.35. The van der Waals surface area contributed by atoms with Crippen LogP contribution >= 0.6 is 0 Å². The standard InChI is InChI=1S/C15H22N2O3S/c18-15(17-11-13-5-2-1-3-6-13)16-9-4-7-14-8-10-21(19,20)12-14/h1-3,5-6,14H,4,7-12H2,(H2,16,17,18). The molecule has 0 spiro atoms. The summed E-state index contributed by atoms with van der Waals surface area (Å²) in [5, 5.41) is 5.59. The Morgan fingerprint density at radius 1 is 1.19 bits per heavy atom. The molecule has 0 saturated carbocycles. The number of amides is 2. The van der Waals surface area contributed by atoms with Crippen LogP contribution in [0.2, 0.25) is 0 Å². The third-order valence-corrected chi connectivity index (χ3v) is 5.53. The van der Waals surface area contributed by atoms with Crippen molar-refractivity contribution in [3.05, 3.63) is 35.9 Å². The van der Waals surface area contributed by atoms with E-state index in [0.29, 0.717) is 24.6 Å². The molecular weight excluding hydrogens is 288 g/mol. The second kappa shape index (κ2) is 7.45. The van der Waals surface area contributed by atoms with E-state index in [-0.39, 0.29) is 11.9 Å². The molecule has 6 heteroatoms. The smallest absolute Gasteiger partial charge is 0.315 e. The highest BCUT2D eigenvalue weighted by Gasteiger charge is 2.27. The van der Waals surface area contributed by atoms with Crippen molar-refractivity contribution in [1.29, 1.82) is 0 Å². The fourth-order valence-corrected chi connectivity index (χ4v) is 4.44. The van der Waals surface area contributed by atoms with Crippen molar-refractivity contribution in [2.75, 3.05) is 18.1 Å². The number of hydrogen-bond acceptors (Lipinski definition) is 3. The van der Waals surface area contributed by atoms with Gasteiger partial charge in [-0.1, -0.05) is 30.3 Å². The Balaban J connectivity index is 1.55. The molecule has 1 heterocycles. The zero-order chi connectivity index (χ0) is 15.1. The van der Waals surface area contributed by atoms with Gasteiger partial charge in [-0.25, -0.2) is 13.2 Å². The molecule has 0 aromatic heterocycles. The molecule has 1 aliphatic heterocycles. The lowest BCUT2D eigenvalue weighted by molar-refractivity contribution is 0.240. The topological polar surface area (TPSA) is 75.3 Å². The number of benzene rings is 1. The molecule has 0 bridgehead atoms. The van der Waals surface area contributed by atoms with E-state index in [9.17, 15) is 13.2 Å². The fourth-order valence-electron chi connectivity index (χ4n) is 2.53. The van der Waals surface area contributed by atoms with Gasteiger partial charge in [0.15, 0.2) is 9.84 Å². The van der Waals surface area contributed by atoms with Gasteiger partial charge < -0.3 is 10.6 Å². The van der Waals surface area contributed by atoms with Crippen LogP contribution in [0.3, 0.4) is 0 Å². The third-order valence-electron chi connectivity index (χ3n) is 3.70. The second-order valence-electron chi connectivity index (χ2n) is 5.51. The van der Waals surface area contributed by atoms with Gasteiger partial charge >= 0.3 is 6.03 Å². The molecule has 2 amide bonds. The summed E-state index contributed by atoms with van der Waals surface area (Å²) in [4.78, 5) is 11.6. The number of carbonyl (C=O) groups is 1. The van der Waals surface area contributed by atoms with Crippen molar-refractivity contribution in [3.63, 3.8) is 0 Å². The van der Waals surface area contributed by atoms with Crippen LogP contribution in [0, 0.1) is 5.92 Å². The van der Waals surface area contributed by atoms with Gasteiger partial charge in [0.2, 0.25) is 0 Å². The summed E-state index contributed by atoms with van der Waals surface area (Å²) in [6.07, 6.45) is 2.44. The minimum Gasteiger partial charge on any atom is -0.338 e. The molecule has 2 N–H and O–H groups in total. The van der Waals surface area contributed by atoms with E-state index < -0.39 is 9.84 Å². The summed E-state index contributed by atoms with van der Waals surface area (Å²) in [7, 11) is -2.79. The molecule has 0 aliphatic carbocycles. The summed E-state index contributed by atoms with van der Waals surface area (Å²) in [6.45, 7) is 1.09. The molecule has 1 fully saturated rings. The van der Waals surface area contributed by atoms with Crippen LogP contribution in [-0.4, -0.2) is 32.5 Å². The van der Waals surface area contributed by atoms with E-state index in [2.05, 4.69) is 10.6 Å². The maximum Gasteiger partial charge on any atom is 0.315 e. The molecule has 1 atom stereocenters. The van der Waals surface area contributed by atoms with E-state index in [1.165, 1.54) is 0 Å². The predicted molar refractivity (Wildman–Crippen MR) is 82.7 cm³/mol. The minimum absolute atomic E-state index is 0.183. The Kier molecular flexibility index (Phi) is 5.61. The first-order valence-corrected chi connectivity index (χ1v) is 9.13. The number of nitrogens with one attached hydrogen (secondary N) is 2. The van der Waals surface area contributed by atoms with Crippen molar-refractivity contribution < 1.29 is 13.2 Å². The van der Waals surface area contributed by atoms with E-state index in [4.69, 9.17) is 0 Å². The summed E-state index contributed by atoms with van der Waals surface area (Å²) < 4.78 is 22.6. The lowest BCUT2D eigenvalue weighted by atomic mass is 10.0. The van der Waals surface area contributed by atoms with Gasteiger partial charge in [-0.05, 0) is 30.7 Å². The van der Waals surface area contributed by atoms with E-state index in [1.807, 2.05) is 30.3 Å². The van der Waals surface area contributed by atoms with Crippen molar-refractivity contribution in [2.24, 2.45) is 5.92 Å². The molecule has 5 nitrogen and oxygen atoms in total. The zero-order valence-electron chi connectivity index (χ0n) is 12.0. The van der Waals surface area contributed by atoms with Crippen LogP contribution in [0.4, 0.5) is 4.79 Å². The van der Waals surface area contributed by atoms with E-state index >= 15 is 0 Å². The molecule has 1 aliphatic rings. The Hall–Kier alpha value is -1.56. The maximum absolute atomic E-state index is 11.6. The Morgan fingerprint density at radius 2 is 1.95 bits per heavy atom. The second-order valence-corrected chi connectivity index (χ2v) is 7.74. The molecule has 1 aromatic carbocycles. The zero-order valence-corrected chi connectivity index (χ0v) is 12.9. The highest BCUT2D eigenvalue weighted by molar-refractivity contribution is 7.91. The average Bonchev–Trinajstić information content (AvgIpc) is 2.82. The summed E-state index contributed by atoms with van der Waals surface area (Å²) >= 11 is 0. The van der Waals surface area contributed by atoms with Crippen LogP contribution < -0.4 is 10.6 Å². The van der Waals surface area contributed by atoms with Crippen LogP contribution in [0.15, 0.2) is 30.3 Å². The molecule has 116 valence electrons. The SMILES string of the molecule is O=C(NCCCC1CCS(=O)(=O)C1)NCc1ccccc1. The summed E-state index contributed by atoms with van der Waals surface area (Å²) in [5.74, 6) is 0.903. The number of urea groups is 1. The highest BCUT2D eigenvalue weighted by Crippen LogP contribution is 2.22. The number of hydrogen-bond donors (Lipinski definition) is 2. The lowest BCUT2D eigenvalue weighted by Gasteiger charge is -2.09. The van der Waals surface area contributed by atoms with Crippen LogP contribution in [-0.2, 0) is 16.4 Å². The Morgan fingerprint density at radius 3 is 2.62 bits per heavy atom. The quantitative estimate of drug-likeness (QED) is 0.785. The largest absolute Gasteiger partial charge is 0.338 e. The van der Waals surface area contributed by atoms with Crippen molar-refractivity contribution in [2.45, 2.75) is 25.8 Å². The third kappa shape index (κ3) is 5.75. The summed E-state index contributed by atoms with van der Waals surface area (Å²) in [5.41, 5.74) is 1.06. The van der Waals surface area contributed by atoms with Crippen LogP contribution in [0.25, 0.3) is 0 Å². The Bertz CT molecular complexity index is 558. The molecular formula is C15H22N2O3S. The number of sulfone groups is 1. The molecule has 21 heavy (non-hydrogen) atoms.